The van der Waals surface area contributed by atoms with Crippen molar-refractivity contribution < 1.29 is 9.47 Å². The first kappa shape index (κ1) is 16.0. The molecule has 0 bridgehead atoms. The Morgan fingerprint density at radius 3 is 2.78 bits per heavy atom. The highest BCUT2D eigenvalue weighted by molar-refractivity contribution is 5.55. The average Bonchev–Trinajstić information content (AvgIpc) is 2.96. The predicted molar refractivity (Wildman–Crippen MR) is 88.3 cm³/mol. The fraction of sp³-hybridized carbons (Fsp3) is 0.529. The van der Waals surface area contributed by atoms with E-state index in [9.17, 15) is 0 Å². The van der Waals surface area contributed by atoms with Crippen molar-refractivity contribution in [3.05, 3.63) is 30.1 Å². The van der Waals surface area contributed by atoms with Gasteiger partial charge in [-0.05, 0) is 43.7 Å². The van der Waals surface area contributed by atoms with Crippen molar-refractivity contribution in [1.29, 1.82) is 0 Å². The third kappa shape index (κ3) is 4.09. The molecule has 23 heavy (non-hydrogen) atoms. The number of nitrogens with one attached hydrogen (secondary N) is 1. The predicted octanol–water partition coefficient (Wildman–Crippen LogP) is 2.15. The van der Waals surface area contributed by atoms with E-state index in [1.165, 1.54) is 19.3 Å². The van der Waals surface area contributed by atoms with Gasteiger partial charge in [-0.15, -0.1) is 0 Å². The molecule has 0 radical (unpaired) electrons. The zero-order chi connectivity index (χ0) is 16.1. The van der Waals surface area contributed by atoms with Crippen LogP contribution in [0.2, 0.25) is 0 Å². The van der Waals surface area contributed by atoms with Gasteiger partial charge >= 0.3 is 0 Å². The first-order valence-corrected chi connectivity index (χ1v) is 8.12. The molecule has 0 spiro atoms. The van der Waals surface area contributed by atoms with Gasteiger partial charge in [0.2, 0.25) is 0 Å². The topological polar surface area (TPSA) is 61.2 Å². The lowest BCUT2D eigenvalue weighted by Crippen LogP contribution is -2.38. The summed E-state index contributed by atoms with van der Waals surface area (Å²) < 4.78 is 12.7. The monoisotopic (exact) mass is 316 g/mol. The first-order chi connectivity index (χ1) is 11.3. The van der Waals surface area contributed by atoms with E-state index in [0.29, 0.717) is 18.5 Å². The van der Waals surface area contributed by atoms with Crippen LogP contribution in [0.4, 0.5) is 0 Å². The summed E-state index contributed by atoms with van der Waals surface area (Å²) in [7, 11) is 3.53. The SMILES string of the molecule is COCc1nc(-c2ccc(OCC3CCCCN3)cc2)nn1C. The molecule has 1 aliphatic rings. The smallest absolute Gasteiger partial charge is 0.181 e. The largest absolute Gasteiger partial charge is 0.492 e. The summed E-state index contributed by atoms with van der Waals surface area (Å²) in [6.45, 7) is 2.28. The lowest BCUT2D eigenvalue weighted by Gasteiger charge is -2.23. The van der Waals surface area contributed by atoms with Gasteiger partial charge in [0.1, 0.15) is 19.0 Å². The van der Waals surface area contributed by atoms with Crippen LogP contribution in [0.1, 0.15) is 25.1 Å². The minimum absolute atomic E-state index is 0.457. The van der Waals surface area contributed by atoms with Gasteiger partial charge in [0, 0.05) is 25.8 Å². The average molecular weight is 316 g/mol. The fourth-order valence-electron chi connectivity index (χ4n) is 2.76. The summed E-state index contributed by atoms with van der Waals surface area (Å²) in [6.07, 6.45) is 3.75. The Balaban J connectivity index is 1.61. The number of nitrogens with zero attached hydrogens (tertiary/aromatic N) is 3. The van der Waals surface area contributed by atoms with Crippen molar-refractivity contribution in [3.63, 3.8) is 0 Å². The second-order valence-corrected chi connectivity index (χ2v) is 5.89. The molecule has 1 aromatic heterocycles. The van der Waals surface area contributed by atoms with Crippen molar-refractivity contribution in [1.82, 2.24) is 20.1 Å². The van der Waals surface area contributed by atoms with Gasteiger partial charge < -0.3 is 14.8 Å². The lowest BCUT2D eigenvalue weighted by atomic mass is 10.1. The maximum atomic E-state index is 5.88. The van der Waals surface area contributed by atoms with Gasteiger partial charge in [-0.2, -0.15) is 5.10 Å². The van der Waals surface area contributed by atoms with Crippen LogP contribution in [-0.4, -0.2) is 41.1 Å². The first-order valence-electron chi connectivity index (χ1n) is 8.12. The molecular formula is C17H24N4O2. The summed E-state index contributed by atoms with van der Waals surface area (Å²) in [5, 5.41) is 7.91. The van der Waals surface area contributed by atoms with E-state index in [0.717, 1.165) is 30.3 Å². The summed E-state index contributed by atoms with van der Waals surface area (Å²) in [5.41, 5.74) is 0.978. The van der Waals surface area contributed by atoms with E-state index < -0.39 is 0 Å². The molecule has 1 saturated heterocycles. The third-order valence-corrected chi connectivity index (χ3v) is 4.10. The molecule has 1 atom stereocenters. The number of benzene rings is 1. The Hall–Kier alpha value is -1.92. The molecule has 1 aromatic carbocycles. The van der Waals surface area contributed by atoms with Crippen molar-refractivity contribution in [2.75, 3.05) is 20.3 Å². The highest BCUT2D eigenvalue weighted by Gasteiger charge is 2.13. The third-order valence-electron chi connectivity index (χ3n) is 4.10. The number of methoxy groups -OCH3 is 1. The normalized spacial score (nSPS) is 18.1. The standard InChI is InChI=1S/C17H24N4O2/c1-21-16(12-22-2)19-17(20-21)13-6-8-15(9-7-13)23-11-14-5-3-4-10-18-14/h6-9,14,18H,3-5,10-12H2,1-2H3. The van der Waals surface area contributed by atoms with E-state index >= 15 is 0 Å². The summed E-state index contributed by atoms with van der Waals surface area (Å²) in [5.74, 6) is 2.40. The van der Waals surface area contributed by atoms with Gasteiger partial charge in [0.15, 0.2) is 11.6 Å². The number of hydrogen-bond acceptors (Lipinski definition) is 5. The zero-order valence-corrected chi connectivity index (χ0v) is 13.8. The zero-order valence-electron chi connectivity index (χ0n) is 13.8. The number of ether oxygens (including phenoxy) is 2. The minimum atomic E-state index is 0.457. The molecule has 1 unspecified atom stereocenters. The van der Waals surface area contributed by atoms with Crippen LogP contribution >= 0.6 is 0 Å². The Morgan fingerprint density at radius 1 is 1.26 bits per heavy atom. The fourth-order valence-corrected chi connectivity index (χ4v) is 2.76. The molecule has 3 rings (SSSR count). The summed E-state index contributed by atoms with van der Waals surface area (Å²) in [6, 6.07) is 8.41. The lowest BCUT2D eigenvalue weighted by molar-refractivity contribution is 0.174. The van der Waals surface area contributed by atoms with Crippen LogP contribution in [0.5, 0.6) is 5.75 Å². The van der Waals surface area contributed by atoms with Crippen LogP contribution < -0.4 is 10.1 Å². The minimum Gasteiger partial charge on any atom is -0.492 e. The van der Waals surface area contributed by atoms with Gasteiger partial charge in [-0.3, -0.25) is 4.68 Å². The second kappa shape index (κ2) is 7.57. The van der Waals surface area contributed by atoms with Gasteiger partial charge in [-0.25, -0.2) is 4.98 Å². The molecule has 6 nitrogen and oxygen atoms in total. The highest BCUT2D eigenvalue weighted by atomic mass is 16.5. The van der Waals surface area contributed by atoms with Crippen LogP contribution in [0.25, 0.3) is 11.4 Å². The number of aryl methyl sites for hydroxylation is 1. The number of aromatic nitrogens is 3. The Bertz CT molecular complexity index is 618. The van der Waals surface area contributed by atoms with Crippen molar-refractivity contribution in [3.8, 4) is 17.1 Å². The van der Waals surface area contributed by atoms with Crippen LogP contribution in [0.15, 0.2) is 24.3 Å². The van der Waals surface area contributed by atoms with Crippen LogP contribution in [0, 0.1) is 0 Å². The molecule has 6 heteroatoms. The molecule has 0 saturated carbocycles. The van der Waals surface area contributed by atoms with Crippen molar-refractivity contribution in [2.24, 2.45) is 7.05 Å². The van der Waals surface area contributed by atoms with E-state index in [1.807, 2.05) is 31.3 Å². The number of piperidine rings is 1. The Labute approximate surface area is 136 Å². The maximum Gasteiger partial charge on any atom is 0.181 e. The molecular weight excluding hydrogens is 292 g/mol. The molecule has 2 aromatic rings. The van der Waals surface area contributed by atoms with Crippen molar-refractivity contribution in [2.45, 2.75) is 31.9 Å². The number of hydrogen-bond donors (Lipinski definition) is 1. The summed E-state index contributed by atoms with van der Waals surface area (Å²) >= 11 is 0. The molecule has 1 fully saturated rings. The van der Waals surface area contributed by atoms with Crippen LogP contribution in [0.3, 0.4) is 0 Å². The second-order valence-electron chi connectivity index (χ2n) is 5.89. The van der Waals surface area contributed by atoms with Gasteiger partial charge in [0.25, 0.3) is 0 Å². The van der Waals surface area contributed by atoms with E-state index in [1.54, 1.807) is 11.8 Å². The molecule has 124 valence electrons. The number of rotatable bonds is 6. The molecule has 1 aliphatic heterocycles. The summed E-state index contributed by atoms with van der Waals surface area (Å²) in [4.78, 5) is 4.49. The Morgan fingerprint density at radius 2 is 2.09 bits per heavy atom. The molecule has 0 aliphatic carbocycles. The van der Waals surface area contributed by atoms with Gasteiger partial charge in [-0.1, -0.05) is 6.42 Å². The highest BCUT2D eigenvalue weighted by Crippen LogP contribution is 2.20. The molecule has 1 N–H and O–H groups in total. The van der Waals surface area contributed by atoms with E-state index in [-0.39, 0.29) is 0 Å². The van der Waals surface area contributed by atoms with Gasteiger partial charge in [0.05, 0.1) is 0 Å². The quantitative estimate of drug-likeness (QED) is 0.885. The maximum absolute atomic E-state index is 5.88. The molecule has 2 heterocycles. The molecule has 0 amide bonds. The van der Waals surface area contributed by atoms with E-state index in [2.05, 4.69) is 15.4 Å². The van der Waals surface area contributed by atoms with E-state index in [4.69, 9.17) is 9.47 Å². The Kier molecular flexibility index (Phi) is 5.25. The van der Waals surface area contributed by atoms with Crippen LogP contribution in [-0.2, 0) is 18.4 Å². The van der Waals surface area contributed by atoms with Crippen molar-refractivity contribution >= 4 is 0 Å².